The fraction of sp³-hybridized carbons (Fsp3) is 0.800. The second-order valence-electron chi connectivity index (χ2n) is 6.29. The zero-order valence-electron chi connectivity index (χ0n) is 12.3. The number of aromatic nitrogens is 2. The quantitative estimate of drug-likeness (QED) is 0.805. The van der Waals surface area contributed by atoms with Crippen molar-refractivity contribution in [2.24, 2.45) is 11.3 Å². The zero-order valence-corrected chi connectivity index (χ0v) is 12.3. The van der Waals surface area contributed by atoms with E-state index in [-0.39, 0.29) is 0 Å². The van der Waals surface area contributed by atoms with Crippen LogP contribution in [0.3, 0.4) is 0 Å². The molecule has 0 unspecified atom stereocenters. The van der Waals surface area contributed by atoms with Gasteiger partial charge in [0.1, 0.15) is 0 Å². The van der Waals surface area contributed by atoms with Crippen molar-refractivity contribution in [3.05, 3.63) is 17.5 Å². The Morgan fingerprint density at radius 2 is 2.17 bits per heavy atom. The molecule has 3 heteroatoms. The van der Waals surface area contributed by atoms with Gasteiger partial charge in [0.15, 0.2) is 0 Å². The molecule has 0 aliphatic heterocycles. The number of hydrogen-bond acceptors (Lipinski definition) is 2. The van der Waals surface area contributed by atoms with Gasteiger partial charge in [0, 0.05) is 18.8 Å². The van der Waals surface area contributed by atoms with Gasteiger partial charge in [-0.05, 0) is 57.1 Å². The molecule has 0 spiro atoms. The molecule has 0 amide bonds. The van der Waals surface area contributed by atoms with Crippen LogP contribution in [0.2, 0.25) is 0 Å². The van der Waals surface area contributed by atoms with E-state index in [1.165, 1.54) is 31.5 Å². The zero-order chi connectivity index (χ0) is 13.2. The van der Waals surface area contributed by atoms with E-state index in [1.54, 1.807) is 0 Å². The minimum absolute atomic E-state index is 0.522. The van der Waals surface area contributed by atoms with Crippen molar-refractivity contribution in [3.63, 3.8) is 0 Å². The number of nitrogens with one attached hydrogen (secondary N) is 1. The number of hydrogen-bond donors (Lipinski definition) is 1. The van der Waals surface area contributed by atoms with E-state index in [2.05, 4.69) is 48.9 Å². The summed E-state index contributed by atoms with van der Waals surface area (Å²) in [7, 11) is 0. The van der Waals surface area contributed by atoms with Crippen LogP contribution in [-0.2, 0) is 13.0 Å². The van der Waals surface area contributed by atoms with Crippen molar-refractivity contribution in [2.45, 2.75) is 53.5 Å². The van der Waals surface area contributed by atoms with Crippen molar-refractivity contribution >= 4 is 0 Å². The molecule has 0 saturated heterocycles. The Kier molecular flexibility index (Phi) is 4.10. The van der Waals surface area contributed by atoms with Crippen LogP contribution >= 0.6 is 0 Å². The molecule has 0 aromatic carbocycles. The van der Waals surface area contributed by atoms with Gasteiger partial charge in [-0.15, -0.1) is 0 Å². The lowest BCUT2D eigenvalue weighted by molar-refractivity contribution is 0.419. The smallest absolute Gasteiger partial charge is 0.0596 e. The van der Waals surface area contributed by atoms with Gasteiger partial charge >= 0.3 is 0 Å². The summed E-state index contributed by atoms with van der Waals surface area (Å²) >= 11 is 0. The van der Waals surface area contributed by atoms with Crippen molar-refractivity contribution in [3.8, 4) is 0 Å². The van der Waals surface area contributed by atoms with Gasteiger partial charge in [-0.3, -0.25) is 4.68 Å². The van der Waals surface area contributed by atoms with Crippen molar-refractivity contribution < 1.29 is 0 Å². The number of aryl methyl sites for hydroxylation is 2. The Bertz CT molecular complexity index is 388. The molecule has 1 fully saturated rings. The summed E-state index contributed by atoms with van der Waals surface area (Å²) in [5.41, 5.74) is 3.09. The fourth-order valence-corrected chi connectivity index (χ4v) is 2.62. The van der Waals surface area contributed by atoms with Crippen LogP contribution in [0.4, 0.5) is 0 Å². The first kappa shape index (κ1) is 13.6. The minimum Gasteiger partial charge on any atom is -0.316 e. The number of rotatable bonds is 7. The third-order valence-electron chi connectivity index (χ3n) is 3.85. The van der Waals surface area contributed by atoms with Gasteiger partial charge in [-0.1, -0.05) is 13.8 Å². The molecule has 18 heavy (non-hydrogen) atoms. The van der Waals surface area contributed by atoms with Gasteiger partial charge in [-0.2, -0.15) is 5.10 Å². The Hall–Kier alpha value is -0.830. The summed E-state index contributed by atoms with van der Waals surface area (Å²) in [5.74, 6) is 0.740. The lowest BCUT2D eigenvalue weighted by Gasteiger charge is -2.17. The van der Waals surface area contributed by atoms with E-state index < -0.39 is 0 Å². The Morgan fingerprint density at radius 3 is 2.72 bits per heavy atom. The van der Waals surface area contributed by atoms with Crippen molar-refractivity contribution in [1.29, 1.82) is 0 Å². The first-order chi connectivity index (χ1) is 8.54. The van der Waals surface area contributed by atoms with Crippen LogP contribution in [-0.4, -0.2) is 22.9 Å². The van der Waals surface area contributed by atoms with Crippen LogP contribution in [0.1, 0.15) is 45.0 Å². The molecule has 1 aliphatic carbocycles. The highest BCUT2D eigenvalue weighted by atomic mass is 15.3. The van der Waals surface area contributed by atoms with E-state index in [0.29, 0.717) is 5.41 Å². The molecule has 0 atom stereocenters. The average molecular weight is 249 g/mol. The molecule has 1 N–H and O–H groups in total. The lowest BCUT2D eigenvalue weighted by atomic mass is 9.99. The van der Waals surface area contributed by atoms with Gasteiger partial charge in [0.2, 0.25) is 0 Å². The third-order valence-corrected chi connectivity index (χ3v) is 3.85. The van der Waals surface area contributed by atoms with E-state index in [0.717, 1.165) is 24.7 Å². The normalized spacial score (nSPS) is 17.4. The summed E-state index contributed by atoms with van der Waals surface area (Å²) in [6.45, 7) is 12.1. The highest BCUT2D eigenvalue weighted by Gasteiger charge is 2.42. The highest BCUT2D eigenvalue weighted by molar-refractivity contribution is 5.14. The van der Waals surface area contributed by atoms with Crippen LogP contribution in [0.25, 0.3) is 0 Å². The molecule has 0 radical (unpaired) electrons. The molecular weight excluding hydrogens is 222 g/mol. The fourth-order valence-electron chi connectivity index (χ4n) is 2.62. The molecular formula is C15H27N3. The maximum Gasteiger partial charge on any atom is 0.0596 e. The second kappa shape index (κ2) is 5.43. The first-order valence-electron chi connectivity index (χ1n) is 7.29. The SMILES string of the molecule is CCn1nc(C)cc1CC1(CNCC(C)C)CC1. The monoisotopic (exact) mass is 249 g/mol. The predicted octanol–water partition coefficient (Wildman–Crippen LogP) is 2.78. The Balaban J connectivity index is 1.91. The topological polar surface area (TPSA) is 29.9 Å². The summed E-state index contributed by atoms with van der Waals surface area (Å²) in [5, 5.41) is 8.17. The molecule has 2 rings (SSSR count). The molecule has 0 bridgehead atoms. The second-order valence-corrected chi connectivity index (χ2v) is 6.29. The van der Waals surface area contributed by atoms with E-state index in [9.17, 15) is 0 Å². The summed E-state index contributed by atoms with van der Waals surface area (Å²) in [6.07, 6.45) is 3.92. The van der Waals surface area contributed by atoms with Gasteiger partial charge in [0.05, 0.1) is 5.69 Å². The lowest BCUT2D eigenvalue weighted by Crippen LogP contribution is -2.29. The average Bonchev–Trinajstić information content (AvgIpc) is 2.95. The maximum atomic E-state index is 4.55. The molecule has 1 aromatic heterocycles. The summed E-state index contributed by atoms with van der Waals surface area (Å²) < 4.78 is 2.16. The molecule has 1 heterocycles. The maximum absolute atomic E-state index is 4.55. The van der Waals surface area contributed by atoms with Crippen molar-refractivity contribution in [2.75, 3.05) is 13.1 Å². The number of nitrogens with zero attached hydrogens (tertiary/aromatic N) is 2. The van der Waals surface area contributed by atoms with Crippen LogP contribution in [0, 0.1) is 18.3 Å². The Labute approximate surface area is 111 Å². The molecule has 1 aliphatic rings. The first-order valence-corrected chi connectivity index (χ1v) is 7.29. The van der Waals surface area contributed by atoms with Crippen LogP contribution in [0.15, 0.2) is 6.07 Å². The Morgan fingerprint density at radius 1 is 1.44 bits per heavy atom. The van der Waals surface area contributed by atoms with Gasteiger partial charge < -0.3 is 5.32 Å². The van der Waals surface area contributed by atoms with Gasteiger partial charge in [0.25, 0.3) is 0 Å². The minimum atomic E-state index is 0.522. The molecule has 1 aromatic rings. The van der Waals surface area contributed by atoms with Crippen LogP contribution in [0.5, 0.6) is 0 Å². The third kappa shape index (κ3) is 3.35. The van der Waals surface area contributed by atoms with Gasteiger partial charge in [-0.25, -0.2) is 0 Å². The molecule has 1 saturated carbocycles. The molecule has 3 nitrogen and oxygen atoms in total. The standard InChI is InChI=1S/C15H27N3/c1-5-18-14(8-13(4)17-18)9-15(6-7-15)11-16-10-12(2)3/h8,12,16H,5-7,9-11H2,1-4H3. The van der Waals surface area contributed by atoms with Crippen LogP contribution < -0.4 is 5.32 Å². The van der Waals surface area contributed by atoms with E-state index >= 15 is 0 Å². The highest BCUT2D eigenvalue weighted by Crippen LogP contribution is 2.47. The van der Waals surface area contributed by atoms with E-state index in [1.807, 2.05) is 0 Å². The summed E-state index contributed by atoms with van der Waals surface area (Å²) in [6, 6.07) is 2.26. The predicted molar refractivity (Wildman–Crippen MR) is 75.7 cm³/mol. The van der Waals surface area contributed by atoms with E-state index in [4.69, 9.17) is 0 Å². The molecule has 102 valence electrons. The van der Waals surface area contributed by atoms with Crippen molar-refractivity contribution in [1.82, 2.24) is 15.1 Å². The largest absolute Gasteiger partial charge is 0.316 e. The summed E-state index contributed by atoms with van der Waals surface area (Å²) in [4.78, 5) is 0.